The minimum atomic E-state index is -0.247. The van der Waals surface area contributed by atoms with Crippen molar-refractivity contribution < 1.29 is 14.3 Å². The summed E-state index contributed by atoms with van der Waals surface area (Å²) >= 11 is 0. The van der Waals surface area contributed by atoms with Gasteiger partial charge in [-0.15, -0.1) is 24.0 Å². The zero-order valence-electron chi connectivity index (χ0n) is 14.8. The molecule has 0 atom stereocenters. The van der Waals surface area contributed by atoms with Crippen LogP contribution in [0.1, 0.15) is 33.6 Å². The Balaban J connectivity index is 0.00000529. The van der Waals surface area contributed by atoms with Gasteiger partial charge >= 0.3 is 6.09 Å². The summed E-state index contributed by atoms with van der Waals surface area (Å²) < 4.78 is 5.01. The van der Waals surface area contributed by atoms with Crippen molar-refractivity contribution in [3.8, 4) is 0 Å². The quantitative estimate of drug-likeness (QED) is 0.315. The zero-order valence-corrected chi connectivity index (χ0v) is 17.1. The van der Waals surface area contributed by atoms with Gasteiger partial charge in [0, 0.05) is 32.2 Å². The Labute approximate surface area is 161 Å². The maximum atomic E-state index is 11.7. The van der Waals surface area contributed by atoms with Crippen molar-refractivity contribution in [1.29, 1.82) is 0 Å². The number of carbonyl (C=O) groups is 2. The Hall–Kier alpha value is -1.26. The van der Waals surface area contributed by atoms with Gasteiger partial charge in [-0.2, -0.15) is 0 Å². The smallest absolute Gasteiger partial charge is 0.409 e. The Morgan fingerprint density at radius 3 is 2.29 bits per heavy atom. The lowest BCUT2D eigenvalue weighted by atomic mass is 10.1. The summed E-state index contributed by atoms with van der Waals surface area (Å²) in [5, 5.41) is 9.18. The molecule has 0 aromatic heterocycles. The van der Waals surface area contributed by atoms with E-state index in [2.05, 4.69) is 20.9 Å². The highest BCUT2D eigenvalue weighted by molar-refractivity contribution is 14.0. The molecule has 0 saturated carbocycles. The van der Waals surface area contributed by atoms with Crippen LogP contribution in [0.5, 0.6) is 0 Å². The maximum Gasteiger partial charge on any atom is 0.409 e. The van der Waals surface area contributed by atoms with Gasteiger partial charge in [0.2, 0.25) is 5.91 Å². The third-order valence-electron chi connectivity index (χ3n) is 3.46. The Morgan fingerprint density at radius 1 is 1.12 bits per heavy atom. The lowest BCUT2D eigenvalue weighted by molar-refractivity contribution is -0.119. The molecule has 1 rings (SSSR count). The standard InChI is InChI=1S/C15H29N5O3.HI/c1-4-16-13(21)11-18-14(17-5-2)19-12-7-9-20(10-8-12)15(22)23-6-3;/h12H,4-11H2,1-3H3,(H,16,21)(H2,17,18,19);1H. The zero-order chi connectivity index (χ0) is 17.1. The first-order valence-electron chi connectivity index (χ1n) is 8.33. The Morgan fingerprint density at radius 2 is 1.75 bits per heavy atom. The van der Waals surface area contributed by atoms with Gasteiger partial charge in [0.15, 0.2) is 5.96 Å². The van der Waals surface area contributed by atoms with Gasteiger partial charge in [-0.3, -0.25) is 4.79 Å². The number of hydrogen-bond donors (Lipinski definition) is 3. The van der Waals surface area contributed by atoms with Crippen molar-refractivity contribution in [2.75, 3.05) is 39.3 Å². The Kier molecular flexibility index (Phi) is 12.4. The molecule has 0 bridgehead atoms. The molecule has 3 N–H and O–H groups in total. The fourth-order valence-electron chi connectivity index (χ4n) is 2.34. The number of hydrogen-bond acceptors (Lipinski definition) is 4. The molecular formula is C15H30IN5O3. The van der Waals surface area contributed by atoms with Gasteiger partial charge in [-0.1, -0.05) is 0 Å². The first-order valence-corrected chi connectivity index (χ1v) is 8.33. The monoisotopic (exact) mass is 455 g/mol. The highest BCUT2D eigenvalue weighted by atomic mass is 127. The van der Waals surface area contributed by atoms with Crippen LogP contribution in [-0.4, -0.2) is 68.2 Å². The van der Waals surface area contributed by atoms with E-state index in [-0.39, 0.29) is 48.6 Å². The topological polar surface area (TPSA) is 95.1 Å². The van der Waals surface area contributed by atoms with Crippen LogP contribution >= 0.6 is 24.0 Å². The van der Waals surface area contributed by atoms with Crippen LogP contribution in [0.15, 0.2) is 4.99 Å². The molecular weight excluding hydrogens is 425 g/mol. The molecule has 0 radical (unpaired) electrons. The molecule has 2 amide bonds. The normalized spacial score (nSPS) is 15.3. The molecule has 1 fully saturated rings. The minimum absolute atomic E-state index is 0. The summed E-state index contributed by atoms with van der Waals surface area (Å²) in [4.78, 5) is 29.2. The summed E-state index contributed by atoms with van der Waals surface area (Å²) in [6.45, 7) is 8.81. The fourth-order valence-corrected chi connectivity index (χ4v) is 2.34. The molecule has 8 nitrogen and oxygen atoms in total. The average molecular weight is 455 g/mol. The number of guanidine groups is 1. The van der Waals surface area contributed by atoms with Crippen molar-refractivity contribution in [2.45, 2.75) is 39.7 Å². The van der Waals surface area contributed by atoms with Crippen molar-refractivity contribution in [2.24, 2.45) is 4.99 Å². The van der Waals surface area contributed by atoms with Crippen molar-refractivity contribution >= 4 is 41.9 Å². The van der Waals surface area contributed by atoms with Crippen LogP contribution in [0.2, 0.25) is 0 Å². The summed E-state index contributed by atoms with van der Waals surface area (Å²) in [5.74, 6) is 0.537. The molecule has 0 spiro atoms. The fraction of sp³-hybridized carbons (Fsp3) is 0.800. The number of halogens is 1. The maximum absolute atomic E-state index is 11.7. The molecule has 0 aromatic carbocycles. The molecule has 1 aliphatic heterocycles. The lowest BCUT2D eigenvalue weighted by Gasteiger charge is -2.32. The largest absolute Gasteiger partial charge is 0.450 e. The van der Waals surface area contributed by atoms with E-state index < -0.39 is 0 Å². The third-order valence-corrected chi connectivity index (χ3v) is 3.46. The van der Waals surface area contributed by atoms with Crippen molar-refractivity contribution in [3.05, 3.63) is 0 Å². The first kappa shape index (κ1) is 22.7. The molecule has 0 unspecified atom stereocenters. The number of likely N-dealkylation sites (tertiary alicyclic amines) is 1. The molecule has 9 heteroatoms. The Bertz CT molecular complexity index is 412. The number of amides is 2. The number of carbonyl (C=O) groups excluding carboxylic acids is 2. The molecule has 0 aliphatic carbocycles. The van der Waals surface area contributed by atoms with Crippen LogP contribution in [0, 0.1) is 0 Å². The van der Waals surface area contributed by atoms with E-state index in [1.807, 2.05) is 13.8 Å². The van der Waals surface area contributed by atoms with E-state index in [0.29, 0.717) is 32.2 Å². The SMILES string of the molecule is CCNC(=O)CN=C(NCC)NC1CCN(C(=O)OCC)CC1.I. The van der Waals surface area contributed by atoms with E-state index in [4.69, 9.17) is 4.74 Å². The highest BCUT2D eigenvalue weighted by Gasteiger charge is 2.24. The third kappa shape index (κ3) is 8.55. The first-order chi connectivity index (χ1) is 11.1. The summed E-state index contributed by atoms with van der Waals surface area (Å²) in [7, 11) is 0. The number of nitrogens with one attached hydrogen (secondary N) is 3. The van der Waals surface area contributed by atoms with Gasteiger partial charge in [0.25, 0.3) is 0 Å². The van der Waals surface area contributed by atoms with E-state index in [9.17, 15) is 9.59 Å². The van der Waals surface area contributed by atoms with Crippen LogP contribution in [0.3, 0.4) is 0 Å². The van der Waals surface area contributed by atoms with Crippen LogP contribution in [0.25, 0.3) is 0 Å². The van der Waals surface area contributed by atoms with Crippen LogP contribution in [-0.2, 0) is 9.53 Å². The summed E-state index contributed by atoms with van der Waals surface area (Å²) in [6.07, 6.45) is 1.40. The predicted octanol–water partition coefficient (Wildman–Crippen LogP) is 0.917. The van der Waals surface area contributed by atoms with Gasteiger partial charge in [0.1, 0.15) is 6.54 Å². The molecule has 140 valence electrons. The second-order valence-electron chi connectivity index (χ2n) is 5.25. The van der Waals surface area contributed by atoms with E-state index in [0.717, 1.165) is 19.4 Å². The number of likely N-dealkylation sites (N-methyl/N-ethyl adjacent to an activating group) is 1. The molecule has 1 saturated heterocycles. The lowest BCUT2D eigenvalue weighted by Crippen LogP contribution is -2.50. The summed E-state index contributed by atoms with van der Waals surface area (Å²) in [5.41, 5.74) is 0. The number of ether oxygens (including phenoxy) is 1. The second-order valence-corrected chi connectivity index (χ2v) is 5.25. The van der Waals surface area contributed by atoms with E-state index in [1.54, 1.807) is 11.8 Å². The summed E-state index contributed by atoms with van der Waals surface area (Å²) in [6, 6.07) is 0.229. The second kappa shape index (κ2) is 13.1. The van der Waals surface area contributed by atoms with Crippen LogP contribution < -0.4 is 16.0 Å². The number of aliphatic imine (C=N–C) groups is 1. The van der Waals surface area contributed by atoms with Crippen molar-refractivity contribution in [1.82, 2.24) is 20.9 Å². The number of rotatable bonds is 6. The highest BCUT2D eigenvalue weighted by Crippen LogP contribution is 2.11. The van der Waals surface area contributed by atoms with Crippen LogP contribution in [0.4, 0.5) is 4.79 Å². The van der Waals surface area contributed by atoms with Gasteiger partial charge in [0.05, 0.1) is 6.61 Å². The van der Waals surface area contributed by atoms with Gasteiger partial charge in [-0.25, -0.2) is 9.79 Å². The minimum Gasteiger partial charge on any atom is -0.450 e. The van der Waals surface area contributed by atoms with E-state index in [1.165, 1.54) is 0 Å². The molecule has 24 heavy (non-hydrogen) atoms. The number of piperidine rings is 1. The predicted molar refractivity (Wildman–Crippen MR) is 105 cm³/mol. The van der Waals surface area contributed by atoms with Gasteiger partial charge in [-0.05, 0) is 33.6 Å². The van der Waals surface area contributed by atoms with E-state index >= 15 is 0 Å². The molecule has 1 aliphatic rings. The van der Waals surface area contributed by atoms with Crippen molar-refractivity contribution in [3.63, 3.8) is 0 Å². The molecule has 0 aromatic rings. The van der Waals surface area contributed by atoms with Gasteiger partial charge < -0.3 is 25.6 Å². The average Bonchev–Trinajstić information content (AvgIpc) is 2.54. The number of nitrogens with zero attached hydrogens (tertiary/aromatic N) is 2. The molecule has 1 heterocycles.